The molecule has 0 radical (unpaired) electrons. The Bertz CT molecular complexity index is 535. The van der Waals surface area contributed by atoms with E-state index in [4.69, 9.17) is 4.74 Å². The number of alkyl carbamates (subject to hydrolysis) is 1. The number of carbonyl (C=O) groups excluding carboxylic acids is 1. The van der Waals surface area contributed by atoms with E-state index >= 15 is 0 Å². The Morgan fingerprint density at radius 1 is 1.25 bits per heavy atom. The van der Waals surface area contributed by atoms with Crippen molar-refractivity contribution in [2.75, 3.05) is 0 Å². The molecule has 0 heterocycles. The lowest BCUT2D eigenvalue weighted by Gasteiger charge is -2.25. The van der Waals surface area contributed by atoms with E-state index in [-0.39, 0.29) is 5.43 Å². The highest BCUT2D eigenvalue weighted by Gasteiger charge is 2.34. The van der Waals surface area contributed by atoms with Crippen molar-refractivity contribution in [1.29, 1.82) is 0 Å². The highest BCUT2D eigenvalue weighted by Crippen LogP contribution is 2.27. The zero-order valence-corrected chi connectivity index (χ0v) is 15.9. The van der Waals surface area contributed by atoms with Crippen molar-refractivity contribution in [2.24, 2.45) is 5.92 Å². The highest BCUT2D eigenvalue weighted by atomic mass is 16.6. The Hall–Kier alpha value is -1.36. The van der Waals surface area contributed by atoms with Gasteiger partial charge in [-0.1, -0.05) is 33.6 Å². The van der Waals surface area contributed by atoms with Gasteiger partial charge in [-0.25, -0.2) is 4.79 Å². The van der Waals surface area contributed by atoms with Crippen molar-refractivity contribution in [3.8, 4) is 0 Å². The Balaban J connectivity index is 2.73. The lowest BCUT2D eigenvalue weighted by molar-refractivity contribution is 0.0414. The van der Waals surface area contributed by atoms with Gasteiger partial charge in [0.2, 0.25) is 0 Å². The predicted octanol–water partition coefficient (Wildman–Crippen LogP) is 3.63. The molecule has 0 aliphatic rings. The molecule has 0 aromatic heterocycles. The lowest BCUT2D eigenvalue weighted by Crippen LogP contribution is -2.42. The van der Waals surface area contributed by atoms with Crippen LogP contribution in [0.4, 0.5) is 4.79 Å². The first kappa shape index (κ1) is 20.7. The third-order valence-electron chi connectivity index (χ3n) is 4.00. The van der Waals surface area contributed by atoms with E-state index < -0.39 is 23.8 Å². The Kier molecular flexibility index (Phi) is 7.46. The quantitative estimate of drug-likeness (QED) is 0.720. The number of unbranched alkanes of at least 4 members (excludes halogenated alkanes) is 1. The molecule has 0 saturated carbocycles. The second-order valence-electron chi connectivity index (χ2n) is 7.99. The molecule has 5 nitrogen and oxygen atoms in total. The molecule has 0 aliphatic heterocycles. The standard InChI is InChI=1S/C19H33NO4/c1-7-8-9-14(20-18(23)24-19(4,5)6)17(22)15-13(16(15)21)11-10-12(2)3/h12,14,17,22H,7-11H2,1-6H3,(H,20,23)/t14-,17?/m0/s1. The molecule has 1 rings (SSSR count). The van der Waals surface area contributed by atoms with Gasteiger partial charge in [-0.2, -0.15) is 0 Å². The fraction of sp³-hybridized carbons (Fsp3) is 0.789. The van der Waals surface area contributed by atoms with Crippen LogP contribution in [0.1, 0.15) is 84.5 Å². The number of amides is 1. The maximum Gasteiger partial charge on any atom is 0.407 e. The number of aliphatic hydroxyl groups excluding tert-OH is 1. The summed E-state index contributed by atoms with van der Waals surface area (Å²) in [5, 5.41) is 13.3. The van der Waals surface area contributed by atoms with Gasteiger partial charge in [0, 0.05) is 11.1 Å². The van der Waals surface area contributed by atoms with E-state index in [0.29, 0.717) is 24.3 Å². The minimum Gasteiger partial charge on any atom is -0.444 e. The molecular weight excluding hydrogens is 306 g/mol. The summed E-state index contributed by atoms with van der Waals surface area (Å²) >= 11 is 0. The van der Waals surface area contributed by atoms with E-state index in [0.717, 1.165) is 24.8 Å². The number of aliphatic hydroxyl groups is 1. The zero-order chi connectivity index (χ0) is 18.5. The molecule has 24 heavy (non-hydrogen) atoms. The van der Waals surface area contributed by atoms with Crippen LogP contribution < -0.4 is 10.7 Å². The van der Waals surface area contributed by atoms with E-state index in [9.17, 15) is 14.7 Å². The van der Waals surface area contributed by atoms with E-state index in [1.807, 2.05) is 6.92 Å². The molecule has 0 bridgehead atoms. The van der Waals surface area contributed by atoms with Gasteiger partial charge in [0.15, 0.2) is 5.43 Å². The van der Waals surface area contributed by atoms with Crippen molar-refractivity contribution >= 4 is 6.09 Å². The van der Waals surface area contributed by atoms with Crippen LogP contribution in [0.2, 0.25) is 0 Å². The average molecular weight is 339 g/mol. The number of ether oxygens (including phenoxy) is 1. The minimum atomic E-state index is -0.946. The first-order valence-corrected chi connectivity index (χ1v) is 9.02. The maximum absolute atomic E-state index is 12.0. The van der Waals surface area contributed by atoms with Gasteiger partial charge in [0.05, 0.1) is 6.04 Å². The molecule has 0 fully saturated rings. The first-order valence-electron chi connectivity index (χ1n) is 9.02. The second-order valence-corrected chi connectivity index (χ2v) is 7.99. The van der Waals surface area contributed by atoms with Gasteiger partial charge in [0.1, 0.15) is 11.7 Å². The van der Waals surface area contributed by atoms with Crippen molar-refractivity contribution in [2.45, 2.75) is 91.4 Å². The van der Waals surface area contributed by atoms with Gasteiger partial charge in [-0.05, 0) is 46.0 Å². The van der Waals surface area contributed by atoms with Crippen LogP contribution in [-0.4, -0.2) is 22.8 Å². The van der Waals surface area contributed by atoms with Gasteiger partial charge >= 0.3 is 6.09 Å². The summed E-state index contributed by atoms with van der Waals surface area (Å²) in [6.07, 6.45) is 2.56. The van der Waals surface area contributed by atoms with E-state index in [1.54, 1.807) is 20.8 Å². The molecule has 2 N–H and O–H groups in total. The normalized spacial score (nSPS) is 14.8. The molecule has 1 unspecified atom stereocenters. The van der Waals surface area contributed by atoms with Crippen molar-refractivity contribution in [1.82, 2.24) is 5.32 Å². The maximum atomic E-state index is 12.0. The summed E-state index contributed by atoms with van der Waals surface area (Å²) < 4.78 is 5.27. The molecule has 1 aromatic rings. The Labute approximate surface area is 145 Å². The molecule has 1 aromatic carbocycles. The fourth-order valence-electron chi connectivity index (χ4n) is 2.61. The summed E-state index contributed by atoms with van der Waals surface area (Å²) in [5.74, 6) is 0.514. The van der Waals surface area contributed by atoms with Gasteiger partial charge in [-0.15, -0.1) is 0 Å². The van der Waals surface area contributed by atoms with Crippen LogP contribution in [0.3, 0.4) is 0 Å². The molecule has 2 atom stereocenters. The topological polar surface area (TPSA) is 75.6 Å². The van der Waals surface area contributed by atoms with Crippen LogP contribution >= 0.6 is 0 Å². The van der Waals surface area contributed by atoms with Crippen molar-refractivity contribution in [3.05, 3.63) is 21.4 Å². The van der Waals surface area contributed by atoms with Crippen LogP contribution in [0.25, 0.3) is 0 Å². The van der Waals surface area contributed by atoms with Gasteiger partial charge < -0.3 is 15.2 Å². The summed E-state index contributed by atoms with van der Waals surface area (Å²) in [6, 6.07) is -0.490. The SMILES string of the molecule is CCCC[C@H](NC(=O)OC(C)(C)C)C(O)c1c(CCC(C)C)c1=O. The summed E-state index contributed by atoms with van der Waals surface area (Å²) in [4.78, 5) is 24.0. The molecule has 0 saturated heterocycles. The Morgan fingerprint density at radius 2 is 1.88 bits per heavy atom. The third-order valence-corrected chi connectivity index (χ3v) is 4.00. The molecule has 0 aliphatic carbocycles. The smallest absolute Gasteiger partial charge is 0.407 e. The molecule has 1 amide bonds. The van der Waals surface area contributed by atoms with Gasteiger partial charge in [0.25, 0.3) is 0 Å². The monoisotopic (exact) mass is 339 g/mol. The van der Waals surface area contributed by atoms with Gasteiger partial charge in [-0.3, -0.25) is 4.79 Å². The summed E-state index contributed by atoms with van der Waals surface area (Å²) in [7, 11) is 0. The van der Waals surface area contributed by atoms with Crippen LogP contribution in [-0.2, 0) is 11.2 Å². The van der Waals surface area contributed by atoms with Crippen molar-refractivity contribution < 1.29 is 14.6 Å². The lowest BCUT2D eigenvalue weighted by atomic mass is 10.0. The molecule has 0 spiro atoms. The van der Waals surface area contributed by atoms with Crippen molar-refractivity contribution in [3.63, 3.8) is 0 Å². The fourth-order valence-corrected chi connectivity index (χ4v) is 2.61. The first-order chi connectivity index (χ1) is 11.1. The highest BCUT2D eigenvalue weighted by molar-refractivity contribution is 5.68. The number of carbonyl (C=O) groups is 1. The average Bonchev–Trinajstić information content (AvgIpc) is 3.08. The molecule has 5 heteroatoms. The molecular formula is C19H33NO4. The Morgan fingerprint density at radius 3 is 2.38 bits per heavy atom. The third kappa shape index (κ3) is 6.63. The summed E-state index contributed by atoms with van der Waals surface area (Å²) in [6.45, 7) is 11.6. The number of rotatable bonds is 9. The molecule has 138 valence electrons. The number of nitrogens with one attached hydrogen (secondary N) is 1. The van der Waals surface area contributed by atoms with Crippen LogP contribution in [0, 0.1) is 5.92 Å². The van der Waals surface area contributed by atoms with E-state index in [1.165, 1.54) is 0 Å². The van der Waals surface area contributed by atoms with Crippen LogP contribution in [0.15, 0.2) is 4.79 Å². The second kappa shape index (κ2) is 8.65. The largest absolute Gasteiger partial charge is 0.444 e. The summed E-state index contributed by atoms with van der Waals surface area (Å²) in [5.41, 5.74) is 0.605. The minimum absolute atomic E-state index is 0.0318. The number of hydrogen-bond acceptors (Lipinski definition) is 4. The predicted molar refractivity (Wildman–Crippen MR) is 95.9 cm³/mol. The zero-order valence-electron chi connectivity index (χ0n) is 15.9. The van der Waals surface area contributed by atoms with Crippen LogP contribution in [0.5, 0.6) is 0 Å². The number of hydrogen-bond donors (Lipinski definition) is 2. The van der Waals surface area contributed by atoms with E-state index in [2.05, 4.69) is 19.2 Å².